The molecule has 0 spiro atoms. The Morgan fingerprint density at radius 3 is 2.10 bits per heavy atom. The molecule has 1 saturated heterocycles. The number of esters is 1. The molecule has 0 N–H and O–H groups in total. The molecule has 1 aromatic rings. The standard InChI is InChI=1S/C23H35Cl2N2O3/c1-22(2)16-20(17-23(3,4)27(22)29)30-21(28)7-5-6-18-8-10-19(11-9-18)26(14-12-24)15-13-25/h8-11,20H,5-7,12-17H2,1-4H3. The molecule has 2 rings (SSSR count). The highest BCUT2D eigenvalue weighted by Gasteiger charge is 2.47. The number of hydroxylamine groups is 2. The van der Waals surface area contributed by atoms with Gasteiger partial charge in [-0.2, -0.15) is 0 Å². The third kappa shape index (κ3) is 7.01. The van der Waals surface area contributed by atoms with Gasteiger partial charge in [0.15, 0.2) is 0 Å². The van der Waals surface area contributed by atoms with Crippen LogP contribution in [-0.4, -0.2) is 53.1 Å². The Balaban J connectivity index is 1.80. The number of rotatable bonds is 10. The van der Waals surface area contributed by atoms with Gasteiger partial charge in [0.05, 0.1) is 0 Å². The van der Waals surface area contributed by atoms with Crippen LogP contribution in [0.2, 0.25) is 0 Å². The molecule has 1 aromatic carbocycles. The molecular formula is C23H35Cl2N2O3. The van der Waals surface area contributed by atoms with Gasteiger partial charge in [-0.15, -0.1) is 33.5 Å². The zero-order valence-electron chi connectivity index (χ0n) is 18.6. The molecule has 1 aliphatic heterocycles. The van der Waals surface area contributed by atoms with E-state index in [9.17, 15) is 10.0 Å². The van der Waals surface area contributed by atoms with Crippen LogP contribution in [0.3, 0.4) is 0 Å². The molecule has 0 bridgehead atoms. The summed E-state index contributed by atoms with van der Waals surface area (Å²) in [5, 5.41) is 13.6. The summed E-state index contributed by atoms with van der Waals surface area (Å²) < 4.78 is 5.72. The van der Waals surface area contributed by atoms with Gasteiger partial charge in [0.25, 0.3) is 0 Å². The van der Waals surface area contributed by atoms with Crippen LogP contribution < -0.4 is 4.90 Å². The Morgan fingerprint density at radius 1 is 1.07 bits per heavy atom. The largest absolute Gasteiger partial charge is 0.462 e. The summed E-state index contributed by atoms with van der Waals surface area (Å²) in [6.07, 6.45) is 2.85. The Kier molecular flexibility index (Phi) is 9.29. The molecule has 1 heterocycles. The lowest BCUT2D eigenvalue weighted by Gasteiger charge is -2.49. The van der Waals surface area contributed by atoms with Gasteiger partial charge in [0.1, 0.15) is 6.10 Å². The average Bonchev–Trinajstić information content (AvgIpc) is 2.66. The molecule has 0 unspecified atom stereocenters. The maximum atomic E-state index is 12.4. The normalized spacial score (nSPS) is 18.9. The third-order valence-corrected chi connectivity index (χ3v) is 6.05. The molecule has 0 aliphatic carbocycles. The summed E-state index contributed by atoms with van der Waals surface area (Å²) >= 11 is 11.7. The van der Waals surface area contributed by atoms with Gasteiger partial charge in [-0.3, -0.25) is 4.79 Å². The minimum Gasteiger partial charge on any atom is -0.462 e. The highest BCUT2D eigenvalue weighted by Crippen LogP contribution is 2.38. The van der Waals surface area contributed by atoms with Crippen LogP contribution in [0.1, 0.15) is 58.9 Å². The number of ether oxygens (including phenoxy) is 1. The van der Waals surface area contributed by atoms with E-state index in [0.29, 0.717) is 31.0 Å². The molecule has 7 heteroatoms. The first-order valence-electron chi connectivity index (χ1n) is 10.7. The maximum Gasteiger partial charge on any atom is 0.306 e. The highest BCUT2D eigenvalue weighted by atomic mass is 35.5. The quantitative estimate of drug-likeness (QED) is 0.357. The van der Waals surface area contributed by atoms with Crippen LogP contribution in [-0.2, 0) is 21.2 Å². The lowest BCUT2D eigenvalue weighted by Crippen LogP contribution is -2.60. The van der Waals surface area contributed by atoms with Crippen LogP contribution in [0.15, 0.2) is 24.3 Å². The minimum atomic E-state index is -0.532. The smallest absolute Gasteiger partial charge is 0.306 e. The second-order valence-corrected chi connectivity index (χ2v) is 10.1. The van der Waals surface area contributed by atoms with Crippen molar-refractivity contribution in [3.8, 4) is 0 Å². The average molecular weight is 458 g/mol. The first-order valence-corrected chi connectivity index (χ1v) is 11.8. The Hall–Kier alpha value is -1.01. The first kappa shape index (κ1) is 25.3. The maximum absolute atomic E-state index is 12.4. The van der Waals surface area contributed by atoms with Crippen LogP contribution >= 0.6 is 23.2 Å². The molecule has 30 heavy (non-hydrogen) atoms. The highest BCUT2D eigenvalue weighted by molar-refractivity contribution is 6.18. The van der Waals surface area contributed by atoms with Crippen molar-refractivity contribution < 1.29 is 14.7 Å². The number of nitrogens with zero attached hydrogens (tertiary/aromatic N) is 2. The number of anilines is 1. The second kappa shape index (κ2) is 11.0. The summed E-state index contributed by atoms with van der Waals surface area (Å²) in [7, 11) is 0. The van der Waals surface area contributed by atoms with Gasteiger partial charge >= 0.3 is 5.97 Å². The van der Waals surface area contributed by atoms with Gasteiger partial charge in [-0.1, -0.05) is 12.1 Å². The number of piperidine rings is 1. The monoisotopic (exact) mass is 457 g/mol. The predicted octanol–water partition coefficient (Wildman–Crippen LogP) is 5.20. The molecule has 1 fully saturated rings. The van der Waals surface area contributed by atoms with E-state index < -0.39 is 11.1 Å². The topological polar surface area (TPSA) is 52.7 Å². The Bertz CT molecular complexity index is 656. The molecule has 5 nitrogen and oxygen atoms in total. The number of carbonyl (C=O) groups excluding carboxylic acids is 1. The number of halogens is 2. The number of benzene rings is 1. The number of hydrogen-bond acceptors (Lipinski definition) is 4. The fraction of sp³-hybridized carbons (Fsp3) is 0.696. The number of alkyl halides is 2. The molecule has 0 atom stereocenters. The van der Waals surface area contributed by atoms with Crippen molar-refractivity contribution in [2.45, 2.75) is 77.0 Å². The number of carbonyl (C=O) groups is 1. The summed E-state index contributed by atoms with van der Waals surface area (Å²) in [6.45, 7) is 9.16. The van der Waals surface area contributed by atoms with Crippen molar-refractivity contribution >= 4 is 34.9 Å². The molecule has 1 aliphatic rings. The van der Waals surface area contributed by atoms with E-state index in [2.05, 4.69) is 29.2 Å². The van der Waals surface area contributed by atoms with Gasteiger partial charge in [-0.25, -0.2) is 0 Å². The van der Waals surface area contributed by atoms with Gasteiger partial charge in [-0.05, 0) is 58.2 Å². The van der Waals surface area contributed by atoms with Crippen LogP contribution in [0.5, 0.6) is 0 Å². The van der Waals surface area contributed by atoms with Crippen LogP contribution in [0, 0.1) is 0 Å². The predicted molar refractivity (Wildman–Crippen MR) is 123 cm³/mol. The second-order valence-electron chi connectivity index (χ2n) is 9.32. The molecule has 1 radical (unpaired) electrons. The number of aryl methyl sites for hydroxylation is 1. The third-order valence-electron chi connectivity index (χ3n) is 5.71. The van der Waals surface area contributed by atoms with E-state index in [1.54, 1.807) is 0 Å². The minimum absolute atomic E-state index is 0.182. The first-order chi connectivity index (χ1) is 14.1. The van der Waals surface area contributed by atoms with E-state index in [-0.39, 0.29) is 12.1 Å². The molecule has 0 saturated carbocycles. The summed E-state index contributed by atoms with van der Waals surface area (Å²) in [5.74, 6) is 0.935. The van der Waals surface area contributed by atoms with E-state index in [1.807, 2.05) is 27.7 Å². The lowest BCUT2D eigenvalue weighted by atomic mass is 9.80. The summed E-state index contributed by atoms with van der Waals surface area (Å²) in [5.41, 5.74) is 1.23. The van der Waals surface area contributed by atoms with Crippen LogP contribution in [0.25, 0.3) is 0 Å². The van der Waals surface area contributed by atoms with Crippen molar-refractivity contribution in [2.75, 3.05) is 29.7 Å². The Morgan fingerprint density at radius 2 is 1.60 bits per heavy atom. The van der Waals surface area contributed by atoms with E-state index >= 15 is 0 Å². The zero-order chi connectivity index (χ0) is 22.4. The van der Waals surface area contributed by atoms with E-state index in [1.165, 1.54) is 5.56 Å². The van der Waals surface area contributed by atoms with Gasteiger partial charge in [0.2, 0.25) is 0 Å². The molecule has 0 aromatic heterocycles. The van der Waals surface area contributed by atoms with Crippen molar-refractivity contribution in [3.05, 3.63) is 29.8 Å². The Labute approximate surface area is 191 Å². The fourth-order valence-electron chi connectivity index (χ4n) is 4.38. The number of hydrogen-bond donors (Lipinski definition) is 0. The van der Waals surface area contributed by atoms with Crippen LogP contribution in [0.4, 0.5) is 5.69 Å². The molecule has 0 amide bonds. The lowest BCUT2D eigenvalue weighted by molar-refractivity contribution is -0.299. The molecule has 169 valence electrons. The van der Waals surface area contributed by atoms with E-state index in [0.717, 1.165) is 36.7 Å². The van der Waals surface area contributed by atoms with E-state index in [4.69, 9.17) is 27.9 Å². The van der Waals surface area contributed by atoms with Crippen molar-refractivity contribution in [3.63, 3.8) is 0 Å². The van der Waals surface area contributed by atoms with Crippen molar-refractivity contribution in [2.24, 2.45) is 0 Å². The van der Waals surface area contributed by atoms with Crippen molar-refractivity contribution in [1.29, 1.82) is 0 Å². The SMILES string of the molecule is CC1(C)CC(OC(=O)CCCc2ccc(N(CCCl)CCCl)cc2)CC(C)(C)N1[O]. The summed E-state index contributed by atoms with van der Waals surface area (Å²) in [6, 6.07) is 8.33. The zero-order valence-corrected chi connectivity index (χ0v) is 20.1. The summed E-state index contributed by atoms with van der Waals surface area (Å²) in [4.78, 5) is 14.5. The van der Waals surface area contributed by atoms with Gasteiger partial charge < -0.3 is 9.64 Å². The van der Waals surface area contributed by atoms with Gasteiger partial charge in [0, 0.05) is 60.9 Å². The van der Waals surface area contributed by atoms with Crippen molar-refractivity contribution in [1.82, 2.24) is 5.06 Å². The fourth-order valence-corrected chi connectivity index (χ4v) is 4.79. The molecular weight excluding hydrogens is 423 g/mol.